The summed E-state index contributed by atoms with van der Waals surface area (Å²) in [5.74, 6) is -0.217. The lowest BCUT2D eigenvalue weighted by Gasteiger charge is -2.38. The second-order valence-corrected chi connectivity index (χ2v) is 6.73. The largest absolute Gasteiger partial charge is 0.340 e. The summed E-state index contributed by atoms with van der Waals surface area (Å²) in [4.78, 5) is 28.8. The molecule has 0 aliphatic carbocycles. The molecule has 27 heavy (non-hydrogen) atoms. The number of piperazine rings is 1. The summed E-state index contributed by atoms with van der Waals surface area (Å²) >= 11 is 0. The van der Waals surface area contributed by atoms with Gasteiger partial charge in [-0.2, -0.15) is 0 Å². The number of carbonyl (C=O) groups is 2. The van der Waals surface area contributed by atoms with E-state index in [9.17, 15) is 14.0 Å². The fourth-order valence-corrected chi connectivity index (χ4v) is 3.43. The quantitative estimate of drug-likeness (QED) is 0.778. The highest BCUT2D eigenvalue weighted by molar-refractivity contribution is 5.94. The maximum atomic E-state index is 13.2. The molecule has 1 aromatic rings. The van der Waals surface area contributed by atoms with E-state index < -0.39 is 0 Å². The Bertz CT molecular complexity index is 636. The van der Waals surface area contributed by atoms with Crippen LogP contribution in [0.4, 0.5) is 10.1 Å². The molecular formula is C18H27Cl2FN4O2. The van der Waals surface area contributed by atoms with Crippen molar-refractivity contribution in [3.8, 4) is 0 Å². The van der Waals surface area contributed by atoms with Crippen LogP contribution >= 0.6 is 24.8 Å². The Labute approximate surface area is 171 Å². The maximum absolute atomic E-state index is 13.2. The Morgan fingerprint density at radius 1 is 1.22 bits per heavy atom. The van der Waals surface area contributed by atoms with E-state index in [1.807, 2.05) is 11.8 Å². The third-order valence-corrected chi connectivity index (χ3v) is 5.05. The molecule has 152 valence electrons. The summed E-state index contributed by atoms with van der Waals surface area (Å²) in [7, 11) is 0. The predicted molar refractivity (Wildman–Crippen MR) is 108 cm³/mol. The summed E-state index contributed by atoms with van der Waals surface area (Å²) in [6.45, 7) is 6.15. The van der Waals surface area contributed by atoms with E-state index in [1.165, 1.54) is 12.1 Å². The van der Waals surface area contributed by atoms with Gasteiger partial charge in [0.05, 0.1) is 12.0 Å². The number of amides is 2. The van der Waals surface area contributed by atoms with E-state index in [0.717, 1.165) is 19.5 Å². The van der Waals surface area contributed by atoms with Gasteiger partial charge in [-0.3, -0.25) is 14.5 Å². The van der Waals surface area contributed by atoms with E-state index >= 15 is 0 Å². The number of nitrogens with zero attached hydrogens (tertiary/aromatic N) is 2. The van der Waals surface area contributed by atoms with Crippen LogP contribution in [0.15, 0.2) is 24.3 Å². The van der Waals surface area contributed by atoms with Crippen molar-refractivity contribution in [2.75, 3.05) is 44.6 Å². The normalized spacial score (nSPS) is 21.0. The Hall–Kier alpha value is -1.41. The Morgan fingerprint density at radius 2 is 1.93 bits per heavy atom. The van der Waals surface area contributed by atoms with Gasteiger partial charge in [0.15, 0.2) is 0 Å². The smallest absolute Gasteiger partial charge is 0.241 e. The highest BCUT2D eigenvalue weighted by atomic mass is 35.5. The number of rotatable bonds is 4. The van der Waals surface area contributed by atoms with Gasteiger partial charge in [-0.05, 0) is 38.1 Å². The Balaban J connectivity index is 0.00000182. The van der Waals surface area contributed by atoms with Gasteiger partial charge in [0.2, 0.25) is 11.8 Å². The standard InChI is InChI=1S/C18H25FN4O2.2ClH/c1-13(17(24)21-16-4-2-3-15(19)11-16)22-7-9-23(10-8-22)18(25)14-5-6-20-12-14;;/h2-4,11,13-14,20H,5-10,12H2,1H3,(H,21,24);2*1H. The number of hydrogen-bond donors (Lipinski definition) is 2. The Kier molecular flexibility index (Phi) is 9.45. The van der Waals surface area contributed by atoms with Crippen LogP contribution in [0.2, 0.25) is 0 Å². The lowest BCUT2D eigenvalue weighted by Crippen LogP contribution is -2.55. The summed E-state index contributed by atoms with van der Waals surface area (Å²) in [5.41, 5.74) is 0.458. The molecule has 2 N–H and O–H groups in total. The first-order valence-electron chi connectivity index (χ1n) is 8.84. The molecule has 2 heterocycles. The molecule has 0 radical (unpaired) electrons. The molecule has 2 atom stereocenters. The first-order chi connectivity index (χ1) is 12.0. The van der Waals surface area contributed by atoms with Gasteiger partial charge in [-0.15, -0.1) is 24.8 Å². The lowest BCUT2D eigenvalue weighted by molar-refractivity contribution is -0.137. The van der Waals surface area contributed by atoms with Crippen LogP contribution in [0.25, 0.3) is 0 Å². The van der Waals surface area contributed by atoms with Crippen molar-refractivity contribution in [2.45, 2.75) is 19.4 Å². The fourth-order valence-electron chi connectivity index (χ4n) is 3.43. The first-order valence-corrected chi connectivity index (χ1v) is 8.84. The average molecular weight is 421 g/mol. The van der Waals surface area contributed by atoms with E-state index in [4.69, 9.17) is 0 Å². The topological polar surface area (TPSA) is 64.7 Å². The van der Waals surface area contributed by atoms with Crippen molar-refractivity contribution in [2.24, 2.45) is 5.92 Å². The van der Waals surface area contributed by atoms with Crippen LogP contribution in [0.5, 0.6) is 0 Å². The number of nitrogens with one attached hydrogen (secondary N) is 2. The predicted octanol–water partition coefficient (Wildman–Crippen LogP) is 1.75. The van der Waals surface area contributed by atoms with Gasteiger partial charge < -0.3 is 15.5 Å². The van der Waals surface area contributed by atoms with E-state index in [0.29, 0.717) is 31.9 Å². The molecule has 3 rings (SSSR count). The fraction of sp³-hybridized carbons (Fsp3) is 0.556. The highest BCUT2D eigenvalue weighted by Gasteiger charge is 2.31. The van der Waals surface area contributed by atoms with Crippen molar-refractivity contribution in [1.82, 2.24) is 15.1 Å². The van der Waals surface area contributed by atoms with Crippen molar-refractivity contribution in [3.05, 3.63) is 30.1 Å². The molecule has 0 saturated carbocycles. The van der Waals surface area contributed by atoms with Crippen molar-refractivity contribution < 1.29 is 14.0 Å². The molecular weight excluding hydrogens is 394 g/mol. The molecule has 2 saturated heterocycles. The summed E-state index contributed by atoms with van der Waals surface area (Å²) in [5, 5.41) is 5.97. The van der Waals surface area contributed by atoms with Gasteiger partial charge in [-0.25, -0.2) is 4.39 Å². The number of hydrogen-bond acceptors (Lipinski definition) is 4. The molecule has 2 fully saturated rings. The van der Waals surface area contributed by atoms with Crippen LogP contribution in [-0.2, 0) is 9.59 Å². The van der Waals surface area contributed by atoms with Crippen LogP contribution in [0.1, 0.15) is 13.3 Å². The monoisotopic (exact) mass is 420 g/mol. The van der Waals surface area contributed by atoms with Crippen molar-refractivity contribution in [1.29, 1.82) is 0 Å². The molecule has 6 nitrogen and oxygen atoms in total. The number of benzene rings is 1. The minimum absolute atomic E-state index is 0. The van der Waals surface area contributed by atoms with E-state index in [-0.39, 0.29) is 54.4 Å². The minimum atomic E-state index is -0.376. The van der Waals surface area contributed by atoms with Gasteiger partial charge in [0.25, 0.3) is 0 Å². The molecule has 9 heteroatoms. The van der Waals surface area contributed by atoms with E-state index in [1.54, 1.807) is 12.1 Å². The Morgan fingerprint density at radius 3 is 2.52 bits per heavy atom. The summed E-state index contributed by atoms with van der Waals surface area (Å²) < 4.78 is 13.2. The molecule has 2 aliphatic heterocycles. The van der Waals surface area contributed by atoms with Crippen LogP contribution in [-0.4, -0.2) is 66.9 Å². The van der Waals surface area contributed by atoms with Crippen LogP contribution in [0.3, 0.4) is 0 Å². The minimum Gasteiger partial charge on any atom is -0.340 e. The SMILES string of the molecule is CC(C(=O)Nc1cccc(F)c1)N1CCN(C(=O)C2CCNC2)CC1.Cl.Cl. The zero-order valence-corrected chi connectivity index (χ0v) is 17.0. The highest BCUT2D eigenvalue weighted by Crippen LogP contribution is 2.16. The number of halogens is 3. The zero-order valence-electron chi connectivity index (χ0n) is 15.3. The van der Waals surface area contributed by atoms with Crippen molar-refractivity contribution >= 4 is 42.3 Å². The van der Waals surface area contributed by atoms with Gasteiger partial charge in [-0.1, -0.05) is 6.07 Å². The van der Waals surface area contributed by atoms with Gasteiger partial charge >= 0.3 is 0 Å². The van der Waals surface area contributed by atoms with Crippen molar-refractivity contribution in [3.63, 3.8) is 0 Å². The molecule has 1 aromatic carbocycles. The van der Waals surface area contributed by atoms with Crippen LogP contribution < -0.4 is 10.6 Å². The molecule has 2 unspecified atom stereocenters. The average Bonchev–Trinajstić information content (AvgIpc) is 3.15. The molecule has 2 amide bonds. The summed E-state index contributed by atoms with van der Waals surface area (Å²) in [6.07, 6.45) is 0.908. The van der Waals surface area contributed by atoms with Gasteiger partial charge in [0.1, 0.15) is 5.82 Å². The van der Waals surface area contributed by atoms with Gasteiger partial charge in [0, 0.05) is 38.4 Å². The summed E-state index contributed by atoms with van der Waals surface area (Å²) in [6, 6.07) is 5.55. The number of carbonyl (C=O) groups excluding carboxylic acids is 2. The van der Waals surface area contributed by atoms with E-state index in [2.05, 4.69) is 15.5 Å². The third-order valence-electron chi connectivity index (χ3n) is 5.05. The molecule has 0 bridgehead atoms. The van der Waals surface area contributed by atoms with Crippen LogP contribution in [0, 0.1) is 11.7 Å². The maximum Gasteiger partial charge on any atom is 0.241 e. The lowest BCUT2D eigenvalue weighted by atomic mass is 10.1. The zero-order chi connectivity index (χ0) is 17.8. The third kappa shape index (κ3) is 6.04. The molecule has 0 spiro atoms. The first kappa shape index (κ1) is 23.6. The second-order valence-electron chi connectivity index (χ2n) is 6.73. The second kappa shape index (κ2) is 10.8. The number of anilines is 1. The molecule has 0 aromatic heterocycles. The molecule has 2 aliphatic rings.